The molecule has 1 amide bonds. The molecule has 0 atom stereocenters. The van der Waals surface area contributed by atoms with E-state index in [2.05, 4.69) is 15.6 Å². The molecule has 8 heteroatoms. The summed E-state index contributed by atoms with van der Waals surface area (Å²) in [7, 11) is 5.11. The van der Waals surface area contributed by atoms with Gasteiger partial charge in [0.15, 0.2) is 5.96 Å². The fourth-order valence-corrected chi connectivity index (χ4v) is 2.57. The van der Waals surface area contributed by atoms with E-state index in [4.69, 9.17) is 9.47 Å². The number of likely N-dealkylation sites (N-methyl/N-ethyl adjacent to an activating group) is 1. The Kier molecular flexibility index (Phi) is 13.1. The summed E-state index contributed by atoms with van der Waals surface area (Å²) in [4.78, 5) is 17.8. The first-order valence-electron chi connectivity index (χ1n) is 10.1. The number of hydrogen-bond donors (Lipinski definition) is 2. The second kappa shape index (κ2) is 15.3. The Morgan fingerprint density at radius 1 is 0.968 bits per heavy atom. The molecule has 0 heterocycles. The molecule has 2 N–H and O–H groups in total. The van der Waals surface area contributed by atoms with Crippen LogP contribution in [0.4, 0.5) is 0 Å². The summed E-state index contributed by atoms with van der Waals surface area (Å²) in [6, 6.07) is 17.7. The van der Waals surface area contributed by atoms with Gasteiger partial charge in [0.25, 0.3) is 0 Å². The lowest BCUT2D eigenvalue weighted by molar-refractivity contribution is -0.127. The zero-order valence-electron chi connectivity index (χ0n) is 18.5. The number of carbonyl (C=O) groups excluding carboxylic acids is 1. The summed E-state index contributed by atoms with van der Waals surface area (Å²) in [6.45, 7) is 2.10. The maximum absolute atomic E-state index is 11.9. The highest BCUT2D eigenvalue weighted by Crippen LogP contribution is 2.11. The predicted octanol–water partition coefficient (Wildman–Crippen LogP) is 2.95. The van der Waals surface area contributed by atoms with E-state index in [1.54, 1.807) is 21.2 Å². The fourth-order valence-electron chi connectivity index (χ4n) is 2.57. The molecule has 0 aliphatic rings. The van der Waals surface area contributed by atoms with E-state index in [-0.39, 0.29) is 36.4 Å². The molecule has 0 saturated heterocycles. The van der Waals surface area contributed by atoms with Crippen LogP contribution in [0.1, 0.15) is 12.0 Å². The third-order valence-corrected chi connectivity index (χ3v) is 4.36. The van der Waals surface area contributed by atoms with E-state index in [9.17, 15) is 4.79 Å². The maximum Gasteiger partial charge on any atom is 0.243 e. The number of aliphatic imine (C=N–C) groups is 1. The lowest BCUT2D eigenvalue weighted by Crippen LogP contribution is -2.40. The van der Waals surface area contributed by atoms with E-state index >= 15 is 0 Å². The first-order chi connectivity index (χ1) is 14.6. The summed E-state index contributed by atoms with van der Waals surface area (Å²) >= 11 is 0. The van der Waals surface area contributed by atoms with Crippen LogP contribution < -0.4 is 20.1 Å². The highest BCUT2D eigenvalue weighted by molar-refractivity contribution is 14.0. The van der Waals surface area contributed by atoms with Crippen molar-refractivity contribution >= 4 is 35.8 Å². The highest BCUT2D eigenvalue weighted by atomic mass is 127. The van der Waals surface area contributed by atoms with E-state index in [0.29, 0.717) is 25.7 Å². The predicted molar refractivity (Wildman–Crippen MR) is 136 cm³/mol. The number of benzene rings is 2. The van der Waals surface area contributed by atoms with Gasteiger partial charge in [-0.1, -0.05) is 30.3 Å². The standard InChI is InChI=1S/C23H32N4O3.HI/c1-27(2)22(28)18-26-23(24-15-7-17-30-21-8-5-4-6-9-21)25-16-14-19-10-12-20(29-3)13-11-19;/h4-6,8-13H,7,14-18H2,1-3H3,(H2,24,25,26);1H. The van der Waals surface area contributed by atoms with Gasteiger partial charge in [0.2, 0.25) is 5.91 Å². The third kappa shape index (κ3) is 10.9. The topological polar surface area (TPSA) is 75.2 Å². The van der Waals surface area contributed by atoms with Crippen molar-refractivity contribution in [3.8, 4) is 11.5 Å². The molecule has 0 saturated carbocycles. The molecule has 0 fully saturated rings. The van der Waals surface area contributed by atoms with Crippen LogP contribution in [0.5, 0.6) is 11.5 Å². The number of ether oxygens (including phenoxy) is 2. The molecule has 0 unspecified atom stereocenters. The van der Waals surface area contributed by atoms with Gasteiger partial charge >= 0.3 is 0 Å². The first-order valence-corrected chi connectivity index (χ1v) is 10.1. The smallest absolute Gasteiger partial charge is 0.243 e. The van der Waals surface area contributed by atoms with Gasteiger partial charge in [-0.25, -0.2) is 4.99 Å². The van der Waals surface area contributed by atoms with Crippen LogP contribution in [0.2, 0.25) is 0 Å². The summed E-state index contributed by atoms with van der Waals surface area (Å²) < 4.78 is 10.9. The fraction of sp³-hybridized carbons (Fsp3) is 0.391. The summed E-state index contributed by atoms with van der Waals surface area (Å²) in [6.07, 6.45) is 1.65. The number of para-hydroxylation sites is 1. The van der Waals surface area contributed by atoms with Crippen LogP contribution in [0.3, 0.4) is 0 Å². The van der Waals surface area contributed by atoms with Crippen molar-refractivity contribution in [1.29, 1.82) is 0 Å². The second-order valence-corrected chi connectivity index (χ2v) is 6.92. The number of guanidine groups is 1. The number of amides is 1. The molecule has 2 aromatic rings. The Hall–Kier alpha value is -2.49. The van der Waals surface area contributed by atoms with Crippen molar-refractivity contribution in [2.75, 3.05) is 47.4 Å². The van der Waals surface area contributed by atoms with Gasteiger partial charge in [-0.05, 0) is 42.7 Å². The minimum Gasteiger partial charge on any atom is -0.497 e. The number of carbonyl (C=O) groups is 1. The van der Waals surface area contributed by atoms with Crippen molar-refractivity contribution in [3.63, 3.8) is 0 Å². The highest BCUT2D eigenvalue weighted by Gasteiger charge is 2.05. The molecule has 7 nitrogen and oxygen atoms in total. The zero-order valence-corrected chi connectivity index (χ0v) is 20.8. The van der Waals surface area contributed by atoms with Crippen LogP contribution in [0.25, 0.3) is 0 Å². The van der Waals surface area contributed by atoms with Gasteiger partial charge in [-0.2, -0.15) is 0 Å². The summed E-state index contributed by atoms with van der Waals surface area (Å²) in [5.74, 6) is 2.29. The van der Waals surface area contributed by atoms with Crippen molar-refractivity contribution in [2.45, 2.75) is 12.8 Å². The SMILES string of the molecule is COc1ccc(CCNC(=NCC(=O)N(C)C)NCCCOc2ccccc2)cc1.I. The number of nitrogens with one attached hydrogen (secondary N) is 2. The monoisotopic (exact) mass is 540 g/mol. The molecule has 0 aliphatic carbocycles. The Morgan fingerprint density at radius 3 is 2.29 bits per heavy atom. The number of nitrogens with zero attached hydrogens (tertiary/aromatic N) is 2. The molecule has 0 spiro atoms. The number of halogens is 1. The van der Waals surface area contributed by atoms with Crippen molar-refractivity contribution < 1.29 is 14.3 Å². The molecule has 31 heavy (non-hydrogen) atoms. The van der Waals surface area contributed by atoms with Crippen LogP contribution in [0.15, 0.2) is 59.6 Å². The molecule has 0 aromatic heterocycles. The van der Waals surface area contributed by atoms with Crippen LogP contribution in [-0.4, -0.2) is 64.2 Å². The lowest BCUT2D eigenvalue weighted by Gasteiger charge is -2.14. The van der Waals surface area contributed by atoms with E-state index < -0.39 is 0 Å². The first kappa shape index (κ1) is 26.5. The molecule has 0 radical (unpaired) electrons. The molecular formula is C23H33IN4O3. The average Bonchev–Trinajstić information content (AvgIpc) is 2.77. The quantitative estimate of drug-likeness (QED) is 0.199. The largest absolute Gasteiger partial charge is 0.497 e. The molecule has 2 rings (SSSR count). The molecule has 170 valence electrons. The van der Waals surface area contributed by atoms with Crippen molar-refractivity contribution in [1.82, 2.24) is 15.5 Å². The van der Waals surface area contributed by atoms with Crippen molar-refractivity contribution in [2.24, 2.45) is 4.99 Å². The Balaban J connectivity index is 0.00000480. The minimum atomic E-state index is -0.0429. The van der Waals surface area contributed by atoms with Gasteiger partial charge in [0, 0.05) is 27.2 Å². The van der Waals surface area contributed by atoms with E-state index in [1.807, 2.05) is 54.6 Å². The summed E-state index contributed by atoms with van der Waals surface area (Å²) in [5, 5.41) is 6.57. The van der Waals surface area contributed by atoms with Gasteiger partial charge in [0.1, 0.15) is 18.0 Å². The Morgan fingerprint density at radius 2 is 1.65 bits per heavy atom. The van der Waals surface area contributed by atoms with Crippen molar-refractivity contribution in [3.05, 3.63) is 60.2 Å². The normalized spacial score (nSPS) is 10.6. The molecular weight excluding hydrogens is 507 g/mol. The molecule has 2 aromatic carbocycles. The Labute approximate surface area is 202 Å². The van der Waals surface area contributed by atoms with E-state index in [0.717, 1.165) is 24.3 Å². The van der Waals surface area contributed by atoms with Gasteiger partial charge in [-0.15, -0.1) is 24.0 Å². The van der Waals surface area contributed by atoms with Crippen LogP contribution in [-0.2, 0) is 11.2 Å². The number of rotatable bonds is 11. The summed E-state index contributed by atoms with van der Waals surface area (Å²) in [5.41, 5.74) is 1.20. The van der Waals surface area contributed by atoms with Gasteiger partial charge < -0.3 is 25.0 Å². The van der Waals surface area contributed by atoms with Gasteiger partial charge in [-0.3, -0.25) is 4.79 Å². The Bertz CT molecular complexity index is 783. The third-order valence-electron chi connectivity index (χ3n) is 4.36. The average molecular weight is 540 g/mol. The minimum absolute atomic E-state index is 0. The number of methoxy groups -OCH3 is 1. The van der Waals surface area contributed by atoms with Crippen LogP contribution in [0, 0.1) is 0 Å². The second-order valence-electron chi connectivity index (χ2n) is 6.92. The maximum atomic E-state index is 11.9. The number of hydrogen-bond acceptors (Lipinski definition) is 4. The van der Waals surface area contributed by atoms with Gasteiger partial charge in [0.05, 0.1) is 13.7 Å². The zero-order chi connectivity index (χ0) is 21.6. The van der Waals surface area contributed by atoms with E-state index in [1.165, 1.54) is 10.5 Å². The lowest BCUT2D eigenvalue weighted by atomic mass is 10.1. The molecule has 0 bridgehead atoms. The molecule has 0 aliphatic heterocycles. The van der Waals surface area contributed by atoms with Crippen LogP contribution >= 0.6 is 24.0 Å².